The number of sulfonamides is 1. The molecule has 0 aliphatic heterocycles. The summed E-state index contributed by atoms with van der Waals surface area (Å²) in [7, 11) is -3.78. The van der Waals surface area contributed by atoms with Crippen molar-refractivity contribution in [2.75, 3.05) is 4.72 Å². The monoisotopic (exact) mass is 391 g/mol. The van der Waals surface area contributed by atoms with E-state index in [9.17, 15) is 18.0 Å². The number of aryl methyl sites for hydroxylation is 1. The van der Waals surface area contributed by atoms with Crippen LogP contribution in [0.5, 0.6) is 0 Å². The lowest BCUT2D eigenvalue weighted by Gasteiger charge is -2.10. The van der Waals surface area contributed by atoms with Crippen molar-refractivity contribution in [3.8, 4) is 0 Å². The molecule has 136 valence electrons. The second kappa shape index (κ2) is 7.21. The molecule has 2 aromatic carbocycles. The smallest absolute Gasteiger partial charge is 0.261 e. The summed E-state index contributed by atoms with van der Waals surface area (Å²) < 4.78 is 27.3. The number of benzene rings is 2. The fourth-order valence-corrected chi connectivity index (χ4v) is 3.82. The van der Waals surface area contributed by atoms with Crippen molar-refractivity contribution in [3.63, 3.8) is 0 Å². The third-order valence-electron chi connectivity index (χ3n) is 4.28. The first-order valence-electron chi connectivity index (χ1n) is 8.21. The molecule has 0 radical (unpaired) electrons. The number of carbonyl (C=O) groups is 2. The number of nitrogens with one attached hydrogen (secondary N) is 1. The zero-order valence-corrected chi connectivity index (χ0v) is 15.7. The predicted octanol–water partition coefficient (Wildman–Crippen LogP) is 4.00. The SMILES string of the molecule is Cc1ccc(S(=O)(=O)Nc2ccc(C(=O)CC(=O)C3CC3)cc2)cc1Cl. The molecule has 0 bridgehead atoms. The summed E-state index contributed by atoms with van der Waals surface area (Å²) >= 11 is 5.99. The summed E-state index contributed by atoms with van der Waals surface area (Å²) in [5.41, 5.74) is 1.50. The zero-order valence-electron chi connectivity index (χ0n) is 14.2. The van der Waals surface area contributed by atoms with Crippen molar-refractivity contribution in [1.29, 1.82) is 0 Å². The number of halogens is 1. The highest BCUT2D eigenvalue weighted by Crippen LogP contribution is 2.31. The number of rotatable bonds is 7. The second-order valence-corrected chi connectivity index (χ2v) is 8.52. The van der Waals surface area contributed by atoms with Crippen LogP contribution < -0.4 is 4.72 Å². The first kappa shape index (κ1) is 18.6. The van der Waals surface area contributed by atoms with Crippen molar-refractivity contribution in [1.82, 2.24) is 0 Å². The molecule has 0 unspecified atom stereocenters. The summed E-state index contributed by atoms with van der Waals surface area (Å²) in [5, 5.41) is 0.370. The lowest BCUT2D eigenvalue weighted by atomic mass is 10.0. The van der Waals surface area contributed by atoms with E-state index in [1.807, 2.05) is 0 Å². The standard InChI is InChI=1S/C19H18ClNO4S/c1-12-2-9-16(10-17(12)20)26(24,25)21-15-7-5-14(6-8-15)19(23)11-18(22)13-3-4-13/h2,5-10,13,21H,3-4,11H2,1H3. The van der Waals surface area contributed by atoms with Crippen LogP contribution in [0.25, 0.3) is 0 Å². The quantitative estimate of drug-likeness (QED) is 0.571. The fourth-order valence-electron chi connectivity index (χ4n) is 2.49. The maximum atomic E-state index is 12.4. The van der Waals surface area contributed by atoms with Crippen LogP contribution in [0.2, 0.25) is 5.02 Å². The predicted molar refractivity (Wildman–Crippen MR) is 100 cm³/mol. The Bertz CT molecular complexity index is 964. The second-order valence-electron chi connectivity index (χ2n) is 6.43. The van der Waals surface area contributed by atoms with Gasteiger partial charge in [0.25, 0.3) is 10.0 Å². The van der Waals surface area contributed by atoms with E-state index in [0.29, 0.717) is 16.3 Å². The molecule has 1 aliphatic carbocycles. The fraction of sp³-hybridized carbons (Fsp3) is 0.263. The number of ketones is 2. The minimum atomic E-state index is -3.78. The molecule has 1 N–H and O–H groups in total. The van der Waals surface area contributed by atoms with E-state index in [2.05, 4.69) is 4.72 Å². The van der Waals surface area contributed by atoms with Gasteiger partial charge in [-0.2, -0.15) is 0 Å². The van der Waals surface area contributed by atoms with Gasteiger partial charge in [0.05, 0.1) is 11.3 Å². The van der Waals surface area contributed by atoms with Gasteiger partial charge in [0, 0.05) is 22.2 Å². The maximum absolute atomic E-state index is 12.4. The molecule has 7 heteroatoms. The van der Waals surface area contributed by atoms with E-state index in [4.69, 9.17) is 11.6 Å². The third-order valence-corrected chi connectivity index (χ3v) is 6.07. The number of carbonyl (C=O) groups excluding carboxylic acids is 2. The molecule has 3 rings (SSSR count). The van der Waals surface area contributed by atoms with E-state index in [1.165, 1.54) is 36.4 Å². The van der Waals surface area contributed by atoms with Gasteiger partial charge < -0.3 is 0 Å². The summed E-state index contributed by atoms with van der Waals surface area (Å²) in [6.07, 6.45) is 1.64. The summed E-state index contributed by atoms with van der Waals surface area (Å²) in [4.78, 5) is 23.9. The molecular weight excluding hydrogens is 374 g/mol. The summed E-state index contributed by atoms with van der Waals surface area (Å²) in [6.45, 7) is 1.79. The van der Waals surface area contributed by atoms with Gasteiger partial charge in [-0.15, -0.1) is 0 Å². The number of anilines is 1. The van der Waals surface area contributed by atoms with Crippen molar-refractivity contribution in [2.45, 2.75) is 31.1 Å². The first-order valence-corrected chi connectivity index (χ1v) is 10.1. The van der Waals surface area contributed by atoms with Crippen molar-refractivity contribution >= 4 is 38.9 Å². The molecule has 0 atom stereocenters. The van der Waals surface area contributed by atoms with Gasteiger partial charge in [0.1, 0.15) is 5.78 Å². The molecule has 1 fully saturated rings. The topological polar surface area (TPSA) is 80.3 Å². The van der Waals surface area contributed by atoms with Gasteiger partial charge in [-0.3, -0.25) is 14.3 Å². The van der Waals surface area contributed by atoms with Crippen LogP contribution in [0.3, 0.4) is 0 Å². The van der Waals surface area contributed by atoms with E-state index < -0.39 is 10.0 Å². The largest absolute Gasteiger partial charge is 0.299 e. The van der Waals surface area contributed by atoms with Gasteiger partial charge >= 0.3 is 0 Å². The van der Waals surface area contributed by atoms with Crippen molar-refractivity contribution < 1.29 is 18.0 Å². The van der Waals surface area contributed by atoms with E-state index in [-0.39, 0.29) is 28.8 Å². The summed E-state index contributed by atoms with van der Waals surface area (Å²) in [5.74, 6) is -0.219. The van der Waals surface area contributed by atoms with E-state index >= 15 is 0 Å². The molecule has 0 heterocycles. The van der Waals surface area contributed by atoms with Crippen LogP contribution in [0.1, 0.15) is 35.2 Å². The lowest BCUT2D eigenvalue weighted by molar-refractivity contribution is -0.119. The molecule has 26 heavy (non-hydrogen) atoms. The lowest BCUT2D eigenvalue weighted by Crippen LogP contribution is -2.13. The molecule has 0 aromatic heterocycles. The van der Waals surface area contributed by atoms with Crippen LogP contribution in [0.4, 0.5) is 5.69 Å². The Hall–Kier alpha value is -2.18. The molecule has 0 spiro atoms. The Labute approximate surface area is 157 Å². The van der Waals surface area contributed by atoms with Crippen LogP contribution in [0.15, 0.2) is 47.4 Å². The Morgan fingerprint density at radius 1 is 1.12 bits per heavy atom. The number of Topliss-reactive ketones (excluding diaryl/α,β-unsaturated/α-hetero) is 2. The van der Waals surface area contributed by atoms with Crippen LogP contribution in [0, 0.1) is 12.8 Å². The highest BCUT2D eigenvalue weighted by atomic mass is 35.5. The average molecular weight is 392 g/mol. The number of hydrogen-bond acceptors (Lipinski definition) is 4. The third kappa shape index (κ3) is 4.31. The van der Waals surface area contributed by atoms with Gasteiger partial charge in [-0.25, -0.2) is 8.42 Å². The number of hydrogen-bond donors (Lipinski definition) is 1. The molecule has 1 aliphatic rings. The van der Waals surface area contributed by atoms with Gasteiger partial charge in [-0.1, -0.05) is 17.7 Å². The maximum Gasteiger partial charge on any atom is 0.261 e. The Kier molecular flexibility index (Phi) is 5.16. The zero-order chi connectivity index (χ0) is 18.9. The highest BCUT2D eigenvalue weighted by Gasteiger charge is 2.30. The van der Waals surface area contributed by atoms with E-state index in [0.717, 1.165) is 18.4 Å². The summed E-state index contributed by atoms with van der Waals surface area (Å²) in [6, 6.07) is 10.5. The van der Waals surface area contributed by atoms with Crippen LogP contribution in [-0.2, 0) is 14.8 Å². The Morgan fingerprint density at radius 2 is 1.77 bits per heavy atom. The van der Waals surface area contributed by atoms with Crippen LogP contribution >= 0.6 is 11.6 Å². The molecule has 1 saturated carbocycles. The first-order chi connectivity index (χ1) is 12.3. The van der Waals surface area contributed by atoms with Crippen LogP contribution in [-0.4, -0.2) is 20.0 Å². The minimum absolute atomic E-state index is 0.0176. The average Bonchev–Trinajstić information content (AvgIpc) is 3.42. The highest BCUT2D eigenvalue weighted by molar-refractivity contribution is 7.92. The van der Waals surface area contributed by atoms with Gasteiger partial charge in [0.15, 0.2) is 5.78 Å². The van der Waals surface area contributed by atoms with Gasteiger partial charge in [-0.05, 0) is 61.7 Å². The molecular formula is C19H18ClNO4S. The Balaban J connectivity index is 1.70. The van der Waals surface area contributed by atoms with Crippen molar-refractivity contribution in [3.05, 3.63) is 58.6 Å². The minimum Gasteiger partial charge on any atom is -0.299 e. The van der Waals surface area contributed by atoms with Gasteiger partial charge in [0.2, 0.25) is 0 Å². The molecule has 0 amide bonds. The molecule has 2 aromatic rings. The van der Waals surface area contributed by atoms with Crippen molar-refractivity contribution in [2.24, 2.45) is 5.92 Å². The van der Waals surface area contributed by atoms with E-state index in [1.54, 1.807) is 13.0 Å². The normalized spacial score (nSPS) is 14.1. The Morgan fingerprint density at radius 3 is 2.35 bits per heavy atom. The molecule has 5 nitrogen and oxygen atoms in total. The molecule has 0 saturated heterocycles.